The van der Waals surface area contributed by atoms with E-state index in [1.807, 2.05) is 25.1 Å². The van der Waals surface area contributed by atoms with Crippen molar-refractivity contribution < 1.29 is 4.79 Å². The number of anilines is 1. The third-order valence-electron chi connectivity index (χ3n) is 2.51. The number of carbonyl (C=O) groups excluding carboxylic acids is 1. The molecule has 0 radical (unpaired) electrons. The van der Waals surface area contributed by atoms with E-state index in [0.717, 1.165) is 16.1 Å². The van der Waals surface area contributed by atoms with E-state index in [-0.39, 0.29) is 0 Å². The number of halogens is 1. The van der Waals surface area contributed by atoms with Crippen molar-refractivity contribution in [1.29, 1.82) is 0 Å². The smallest absolute Gasteiger partial charge is 0.249 e. The summed E-state index contributed by atoms with van der Waals surface area (Å²) in [6, 6.07) is 7.61. The molecule has 1 aromatic heterocycles. The number of aryl methyl sites for hydroxylation is 1. The zero-order chi connectivity index (χ0) is 13.1. The van der Waals surface area contributed by atoms with E-state index >= 15 is 0 Å². The zero-order valence-corrected chi connectivity index (χ0v) is 11.4. The van der Waals surface area contributed by atoms with Crippen molar-refractivity contribution in [3.05, 3.63) is 50.7 Å². The van der Waals surface area contributed by atoms with Gasteiger partial charge in [-0.1, -0.05) is 17.7 Å². The molecule has 1 amide bonds. The number of amides is 1. The summed E-state index contributed by atoms with van der Waals surface area (Å²) in [7, 11) is 0. The summed E-state index contributed by atoms with van der Waals surface area (Å²) in [5.74, 6) is -0.397. The van der Waals surface area contributed by atoms with Crippen LogP contribution >= 0.6 is 22.9 Å². The van der Waals surface area contributed by atoms with E-state index in [4.69, 9.17) is 17.3 Å². The molecule has 3 nitrogen and oxygen atoms in total. The van der Waals surface area contributed by atoms with Crippen LogP contribution in [-0.2, 0) is 6.54 Å². The highest BCUT2D eigenvalue weighted by Crippen LogP contribution is 2.24. The van der Waals surface area contributed by atoms with E-state index in [1.165, 1.54) is 11.3 Å². The summed E-state index contributed by atoms with van der Waals surface area (Å²) in [5, 5.41) is 5.70. The van der Waals surface area contributed by atoms with E-state index in [2.05, 4.69) is 5.32 Å². The average Bonchev–Trinajstić information content (AvgIpc) is 2.79. The maximum Gasteiger partial charge on any atom is 0.249 e. The van der Waals surface area contributed by atoms with E-state index in [0.29, 0.717) is 17.1 Å². The van der Waals surface area contributed by atoms with Crippen molar-refractivity contribution in [3.63, 3.8) is 0 Å². The minimum absolute atomic E-state index is 0.397. The van der Waals surface area contributed by atoms with Gasteiger partial charge in [0.2, 0.25) is 5.91 Å². The van der Waals surface area contributed by atoms with Gasteiger partial charge < -0.3 is 11.1 Å². The fraction of sp³-hybridized carbons (Fsp3) is 0.154. The molecule has 94 valence electrons. The lowest BCUT2D eigenvalue weighted by Crippen LogP contribution is -2.09. The molecular weight excluding hydrogens is 268 g/mol. The Balaban J connectivity index is 2.06. The molecule has 0 bridgehead atoms. The first-order valence-corrected chi connectivity index (χ1v) is 6.69. The molecule has 0 aliphatic rings. The van der Waals surface area contributed by atoms with Gasteiger partial charge in [0.1, 0.15) is 0 Å². The normalized spacial score (nSPS) is 10.3. The van der Waals surface area contributed by atoms with Crippen molar-refractivity contribution >= 4 is 34.5 Å². The van der Waals surface area contributed by atoms with Crippen LogP contribution in [0.5, 0.6) is 0 Å². The Morgan fingerprint density at radius 2 is 2.22 bits per heavy atom. The lowest BCUT2D eigenvalue weighted by Gasteiger charge is -2.07. The molecule has 0 unspecified atom stereocenters. The third kappa shape index (κ3) is 3.03. The lowest BCUT2D eigenvalue weighted by atomic mass is 10.2. The summed E-state index contributed by atoms with van der Waals surface area (Å²) in [4.78, 5) is 12.0. The summed E-state index contributed by atoms with van der Waals surface area (Å²) in [6.45, 7) is 2.64. The van der Waals surface area contributed by atoms with Gasteiger partial charge in [0.25, 0.3) is 0 Å². The van der Waals surface area contributed by atoms with Gasteiger partial charge in [-0.2, -0.15) is 0 Å². The Morgan fingerprint density at radius 1 is 1.44 bits per heavy atom. The molecule has 0 saturated carbocycles. The Morgan fingerprint density at radius 3 is 2.89 bits per heavy atom. The number of carbonyl (C=O) groups is 1. The van der Waals surface area contributed by atoms with Crippen molar-refractivity contribution in [3.8, 4) is 0 Å². The van der Waals surface area contributed by atoms with Gasteiger partial charge in [-0.05, 0) is 30.7 Å². The van der Waals surface area contributed by atoms with Crippen LogP contribution in [0.4, 0.5) is 5.69 Å². The van der Waals surface area contributed by atoms with Gasteiger partial charge in [-0.15, -0.1) is 11.3 Å². The fourth-order valence-electron chi connectivity index (χ4n) is 1.56. The van der Waals surface area contributed by atoms with E-state index in [1.54, 1.807) is 11.4 Å². The Bertz CT molecular complexity index is 580. The number of nitrogens with two attached hydrogens (primary N) is 1. The molecule has 2 rings (SSSR count). The van der Waals surface area contributed by atoms with Crippen LogP contribution < -0.4 is 11.1 Å². The molecule has 5 heteroatoms. The van der Waals surface area contributed by atoms with Crippen LogP contribution in [0.3, 0.4) is 0 Å². The number of hydrogen-bond donors (Lipinski definition) is 2. The standard InChI is InChI=1S/C13H13ClN2OS/c1-8-2-3-11(14)12(4-8)16-6-10-5-9(7-18-10)13(15)17/h2-5,7,16H,6H2,1H3,(H2,15,17). The van der Waals surface area contributed by atoms with E-state index < -0.39 is 5.91 Å². The van der Waals surface area contributed by atoms with E-state index in [9.17, 15) is 4.79 Å². The second-order valence-electron chi connectivity index (χ2n) is 4.00. The maximum atomic E-state index is 11.0. The molecular formula is C13H13ClN2OS. The highest BCUT2D eigenvalue weighted by atomic mass is 35.5. The molecule has 1 aromatic carbocycles. The van der Waals surface area contributed by atoms with Gasteiger partial charge in [0.05, 0.1) is 16.3 Å². The quantitative estimate of drug-likeness (QED) is 0.902. The third-order valence-corrected chi connectivity index (χ3v) is 3.78. The van der Waals surface area contributed by atoms with Gasteiger partial charge in [0.15, 0.2) is 0 Å². The average molecular weight is 281 g/mol. The molecule has 0 fully saturated rings. The summed E-state index contributed by atoms with van der Waals surface area (Å²) in [5.41, 5.74) is 7.79. The van der Waals surface area contributed by atoms with Crippen LogP contribution in [0, 0.1) is 6.92 Å². The Hall–Kier alpha value is -1.52. The number of thiophene rings is 1. The monoisotopic (exact) mass is 280 g/mol. The predicted octanol–water partition coefficient (Wildman–Crippen LogP) is 3.42. The molecule has 0 aliphatic heterocycles. The molecule has 3 N–H and O–H groups in total. The number of nitrogens with one attached hydrogen (secondary N) is 1. The molecule has 1 heterocycles. The van der Waals surface area contributed by atoms with Crippen LogP contribution in [-0.4, -0.2) is 5.91 Å². The first-order chi connectivity index (χ1) is 8.56. The second-order valence-corrected chi connectivity index (χ2v) is 5.41. The van der Waals surface area contributed by atoms with Crippen LogP contribution in [0.2, 0.25) is 5.02 Å². The predicted molar refractivity (Wildman–Crippen MR) is 76.4 cm³/mol. The van der Waals surface area contributed by atoms with Crippen LogP contribution in [0.25, 0.3) is 0 Å². The fourth-order valence-corrected chi connectivity index (χ4v) is 2.56. The van der Waals surface area contributed by atoms with Gasteiger partial charge in [-0.25, -0.2) is 0 Å². The summed E-state index contributed by atoms with van der Waals surface area (Å²) >= 11 is 7.59. The number of benzene rings is 1. The maximum absolute atomic E-state index is 11.0. The first kappa shape index (κ1) is 12.9. The molecule has 2 aromatic rings. The van der Waals surface area contributed by atoms with Crippen molar-refractivity contribution in [2.75, 3.05) is 5.32 Å². The van der Waals surface area contributed by atoms with Crippen molar-refractivity contribution in [2.24, 2.45) is 5.73 Å². The summed E-state index contributed by atoms with van der Waals surface area (Å²) in [6.07, 6.45) is 0. The first-order valence-electron chi connectivity index (χ1n) is 5.43. The van der Waals surface area contributed by atoms with Crippen molar-refractivity contribution in [1.82, 2.24) is 0 Å². The number of hydrogen-bond acceptors (Lipinski definition) is 3. The minimum atomic E-state index is -0.397. The molecule has 0 spiro atoms. The largest absolute Gasteiger partial charge is 0.379 e. The van der Waals surface area contributed by atoms with Crippen LogP contribution in [0.1, 0.15) is 20.8 Å². The van der Waals surface area contributed by atoms with Crippen molar-refractivity contribution in [2.45, 2.75) is 13.5 Å². The highest BCUT2D eigenvalue weighted by molar-refractivity contribution is 7.10. The van der Waals surface area contributed by atoms with Crippen LogP contribution in [0.15, 0.2) is 29.6 Å². The SMILES string of the molecule is Cc1ccc(Cl)c(NCc2cc(C(N)=O)cs2)c1. The minimum Gasteiger partial charge on any atom is -0.379 e. The van der Waals surface area contributed by atoms with Gasteiger partial charge in [-0.3, -0.25) is 4.79 Å². The Kier molecular flexibility index (Phi) is 3.89. The molecule has 0 aliphatic carbocycles. The topological polar surface area (TPSA) is 55.1 Å². The highest BCUT2D eigenvalue weighted by Gasteiger charge is 2.05. The zero-order valence-electron chi connectivity index (χ0n) is 9.87. The molecule has 0 atom stereocenters. The van der Waals surface area contributed by atoms with Gasteiger partial charge in [0, 0.05) is 16.8 Å². The second kappa shape index (κ2) is 5.42. The number of primary amides is 1. The number of rotatable bonds is 4. The summed E-state index contributed by atoms with van der Waals surface area (Å²) < 4.78 is 0. The van der Waals surface area contributed by atoms with Gasteiger partial charge >= 0.3 is 0 Å². The molecule has 18 heavy (non-hydrogen) atoms. The lowest BCUT2D eigenvalue weighted by molar-refractivity contribution is 0.100. The Labute approximate surface area is 115 Å². The molecule has 0 saturated heterocycles.